The van der Waals surface area contributed by atoms with Crippen LogP contribution in [-0.4, -0.2) is 18.6 Å². The molecule has 1 aliphatic heterocycles. The molecule has 90 valence electrons. The zero-order valence-corrected chi connectivity index (χ0v) is 9.99. The molecule has 0 unspecified atom stereocenters. The van der Waals surface area contributed by atoms with Gasteiger partial charge in [-0.25, -0.2) is 5.43 Å². The second kappa shape index (κ2) is 5.01. The van der Waals surface area contributed by atoms with Crippen LogP contribution in [0, 0.1) is 0 Å². The van der Waals surface area contributed by atoms with E-state index in [2.05, 4.69) is 10.9 Å². The molecule has 0 radical (unpaired) electrons. The van der Waals surface area contributed by atoms with Crippen molar-refractivity contribution in [1.29, 1.82) is 0 Å². The van der Waals surface area contributed by atoms with E-state index in [0.29, 0.717) is 6.54 Å². The van der Waals surface area contributed by atoms with Gasteiger partial charge < -0.3 is 4.74 Å². The first-order valence-electron chi connectivity index (χ1n) is 5.65. The molecule has 2 rings (SSSR count). The van der Waals surface area contributed by atoms with Crippen molar-refractivity contribution in [2.75, 3.05) is 6.54 Å². The van der Waals surface area contributed by atoms with Crippen molar-refractivity contribution >= 4 is 12.0 Å². The average molecular weight is 232 g/mol. The highest BCUT2D eigenvalue weighted by Crippen LogP contribution is 2.17. The molecule has 4 nitrogen and oxygen atoms in total. The lowest BCUT2D eigenvalue weighted by Gasteiger charge is -2.09. The number of rotatable bonds is 3. The molecule has 0 spiro atoms. The monoisotopic (exact) mass is 232 g/mol. The predicted molar refractivity (Wildman–Crippen MR) is 66.3 cm³/mol. The summed E-state index contributed by atoms with van der Waals surface area (Å²) in [5.74, 6) is 0.751. The lowest BCUT2D eigenvalue weighted by Crippen LogP contribution is -2.25. The fourth-order valence-corrected chi connectivity index (χ4v) is 1.65. The van der Waals surface area contributed by atoms with Crippen LogP contribution in [0.15, 0.2) is 29.8 Å². The Balaban J connectivity index is 2.18. The van der Waals surface area contributed by atoms with Crippen molar-refractivity contribution in [3.8, 4) is 5.75 Å². The number of hydrazine groups is 1. The average Bonchev–Trinajstić information content (AvgIpc) is 2.64. The molecule has 1 heterocycles. The van der Waals surface area contributed by atoms with E-state index >= 15 is 0 Å². The first kappa shape index (κ1) is 11.7. The summed E-state index contributed by atoms with van der Waals surface area (Å²) in [6.45, 7) is 4.52. The molecule has 4 heteroatoms. The number of hydrogen-bond donors (Lipinski definition) is 2. The second-order valence-electron chi connectivity index (χ2n) is 4.22. The first-order valence-corrected chi connectivity index (χ1v) is 5.65. The summed E-state index contributed by atoms with van der Waals surface area (Å²) in [7, 11) is 0. The number of amides is 1. The van der Waals surface area contributed by atoms with Crippen molar-refractivity contribution in [1.82, 2.24) is 10.9 Å². The second-order valence-corrected chi connectivity index (χ2v) is 4.22. The van der Waals surface area contributed by atoms with E-state index in [1.807, 2.05) is 44.2 Å². The molecule has 0 saturated carbocycles. The summed E-state index contributed by atoms with van der Waals surface area (Å²) in [6.07, 6.45) is 2.01. The number of nitrogens with one attached hydrogen (secondary N) is 2. The SMILES string of the molecule is CC(C)Oc1cccc(/C=C2\CNNC2=O)c1. The molecule has 0 aromatic heterocycles. The van der Waals surface area contributed by atoms with Crippen LogP contribution >= 0.6 is 0 Å². The van der Waals surface area contributed by atoms with Crippen LogP contribution < -0.4 is 15.6 Å². The lowest BCUT2D eigenvalue weighted by atomic mass is 10.1. The Morgan fingerprint density at radius 1 is 1.41 bits per heavy atom. The van der Waals surface area contributed by atoms with Gasteiger partial charge in [-0.1, -0.05) is 12.1 Å². The molecule has 17 heavy (non-hydrogen) atoms. The van der Waals surface area contributed by atoms with E-state index in [0.717, 1.165) is 16.9 Å². The highest BCUT2D eigenvalue weighted by Gasteiger charge is 2.15. The van der Waals surface area contributed by atoms with Gasteiger partial charge in [0.1, 0.15) is 5.75 Å². The predicted octanol–water partition coefficient (Wildman–Crippen LogP) is 1.49. The van der Waals surface area contributed by atoms with Gasteiger partial charge in [-0.15, -0.1) is 0 Å². The maximum absolute atomic E-state index is 11.4. The lowest BCUT2D eigenvalue weighted by molar-refractivity contribution is -0.116. The van der Waals surface area contributed by atoms with Crippen LogP contribution in [0.5, 0.6) is 5.75 Å². The zero-order chi connectivity index (χ0) is 12.3. The molecule has 2 N–H and O–H groups in total. The Morgan fingerprint density at radius 2 is 2.24 bits per heavy atom. The van der Waals surface area contributed by atoms with Gasteiger partial charge >= 0.3 is 0 Å². The minimum absolute atomic E-state index is 0.0693. The molecule has 0 atom stereocenters. The third-order valence-corrected chi connectivity index (χ3v) is 2.34. The smallest absolute Gasteiger partial charge is 0.262 e. The number of benzene rings is 1. The van der Waals surface area contributed by atoms with Gasteiger partial charge in [0, 0.05) is 12.1 Å². The molecule has 0 aliphatic carbocycles. The van der Waals surface area contributed by atoms with E-state index < -0.39 is 0 Å². The molecule has 1 aromatic rings. The van der Waals surface area contributed by atoms with Crippen molar-refractivity contribution in [2.45, 2.75) is 20.0 Å². The quantitative estimate of drug-likeness (QED) is 0.776. The minimum Gasteiger partial charge on any atom is -0.491 e. The Bertz CT molecular complexity index is 452. The maximum Gasteiger partial charge on any atom is 0.262 e. The van der Waals surface area contributed by atoms with E-state index in [1.165, 1.54) is 0 Å². The summed E-state index contributed by atoms with van der Waals surface area (Å²) in [6, 6.07) is 7.71. The Labute approximate surface area is 101 Å². The van der Waals surface area contributed by atoms with Crippen molar-refractivity contribution in [2.24, 2.45) is 0 Å². The molecule has 0 bridgehead atoms. The first-order chi connectivity index (χ1) is 8.15. The van der Waals surface area contributed by atoms with Gasteiger partial charge in [0.2, 0.25) is 0 Å². The van der Waals surface area contributed by atoms with Gasteiger partial charge in [-0.2, -0.15) is 0 Å². The highest BCUT2D eigenvalue weighted by molar-refractivity contribution is 5.99. The van der Waals surface area contributed by atoms with Crippen LogP contribution in [0.3, 0.4) is 0 Å². The van der Waals surface area contributed by atoms with Crippen LogP contribution in [0.4, 0.5) is 0 Å². The van der Waals surface area contributed by atoms with E-state index in [1.54, 1.807) is 0 Å². The molecule has 1 amide bonds. The summed E-state index contributed by atoms with van der Waals surface area (Å²) in [5.41, 5.74) is 7.04. The topological polar surface area (TPSA) is 50.4 Å². The number of carbonyl (C=O) groups is 1. The van der Waals surface area contributed by atoms with E-state index in [-0.39, 0.29) is 12.0 Å². The van der Waals surface area contributed by atoms with Crippen molar-refractivity contribution < 1.29 is 9.53 Å². The molecule has 1 aromatic carbocycles. The van der Waals surface area contributed by atoms with Crippen LogP contribution in [0.25, 0.3) is 6.08 Å². The number of hydrogen-bond acceptors (Lipinski definition) is 3. The summed E-state index contributed by atoms with van der Waals surface area (Å²) >= 11 is 0. The molecule has 1 saturated heterocycles. The van der Waals surface area contributed by atoms with Crippen LogP contribution in [0.1, 0.15) is 19.4 Å². The summed E-state index contributed by atoms with van der Waals surface area (Å²) < 4.78 is 5.60. The van der Waals surface area contributed by atoms with Crippen LogP contribution in [-0.2, 0) is 4.79 Å². The van der Waals surface area contributed by atoms with Crippen molar-refractivity contribution in [3.63, 3.8) is 0 Å². The van der Waals surface area contributed by atoms with Gasteiger partial charge in [0.25, 0.3) is 5.91 Å². The van der Waals surface area contributed by atoms with Crippen molar-refractivity contribution in [3.05, 3.63) is 35.4 Å². The van der Waals surface area contributed by atoms with E-state index in [4.69, 9.17) is 4.74 Å². The van der Waals surface area contributed by atoms with E-state index in [9.17, 15) is 4.79 Å². The Kier molecular flexibility index (Phi) is 3.44. The number of carbonyl (C=O) groups excluding carboxylic acids is 1. The van der Waals surface area contributed by atoms with Gasteiger partial charge in [-0.05, 0) is 37.6 Å². The fraction of sp³-hybridized carbons (Fsp3) is 0.308. The standard InChI is InChI=1S/C13H16N2O2/c1-9(2)17-12-5-3-4-10(7-12)6-11-8-14-15-13(11)16/h3-7,9,14H,8H2,1-2H3,(H,15,16)/b11-6+. The third kappa shape index (κ3) is 3.07. The van der Waals surface area contributed by atoms with Gasteiger partial charge in [0.15, 0.2) is 0 Å². The maximum atomic E-state index is 11.4. The molecular formula is C13H16N2O2. The molecular weight excluding hydrogens is 216 g/mol. The number of ether oxygens (including phenoxy) is 1. The largest absolute Gasteiger partial charge is 0.491 e. The Morgan fingerprint density at radius 3 is 2.88 bits per heavy atom. The van der Waals surface area contributed by atoms with Gasteiger partial charge in [-0.3, -0.25) is 10.2 Å². The summed E-state index contributed by atoms with van der Waals surface area (Å²) in [4.78, 5) is 11.4. The molecule has 1 aliphatic rings. The fourth-order valence-electron chi connectivity index (χ4n) is 1.65. The van der Waals surface area contributed by atoms with Crippen LogP contribution in [0.2, 0.25) is 0 Å². The highest BCUT2D eigenvalue weighted by atomic mass is 16.5. The zero-order valence-electron chi connectivity index (χ0n) is 9.99. The summed E-state index contributed by atoms with van der Waals surface area (Å²) in [5, 5.41) is 0. The third-order valence-electron chi connectivity index (χ3n) is 2.34. The Hall–Kier alpha value is -1.81. The normalized spacial score (nSPS) is 17.6. The molecule has 1 fully saturated rings. The minimum atomic E-state index is -0.0693. The van der Waals surface area contributed by atoms with Gasteiger partial charge in [0.05, 0.1) is 6.10 Å².